The molecule has 212 valence electrons. The van der Waals surface area contributed by atoms with Gasteiger partial charge in [0, 0.05) is 44.7 Å². The number of carbonyl (C=O) groups excluding carboxylic acids is 2. The number of hydrogen-bond acceptors (Lipinski definition) is 4. The molecule has 0 heterocycles. The molecule has 41 heavy (non-hydrogen) atoms. The van der Waals surface area contributed by atoms with Crippen LogP contribution in [0.1, 0.15) is 40.7 Å². The highest BCUT2D eigenvalue weighted by Gasteiger charge is 2.17. The summed E-state index contributed by atoms with van der Waals surface area (Å²) in [4.78, 5) is 32.3. The molecule has 0 unspecified atom stereocenters. The zero-order chi connectivity index (χ0) is 29.0. The van der Waals surface area contributed by atoms with E-state index in [9.17, 15) is 9.59 Å². The van der Waals surface area contributed by atoms with E-state index >= 15 is 0 Å². The number of fused-ring (bicyclic) bond motifs is 1. The van der Waals surface area contributed by atoms with Gasteiger partial charge in [-0.05, 0) is 58.0 Å². The summed E-state index contributed by atoms with van der Waals surface area (Å²) in [5.74, 6) is -0.0354. The van der Waals surface area contributed by atoms with Crippen molar-refractivity contribution in [3.05, 3.63) is 108 Å². The number of carbonyl (C=O) groups is 2. The fraction of sp³-hybridized carbons (Fsp3) is 0.242. The largest absolute Gasteiger partial charge is 0.370 e. The molecular formula is C33H38N6O2. The maximum atomic E-state index is 13.6. The predicted octanol–water partition coefficient (Wildman–Crippen LogP) is 4.17. The van der Waals surface area contributed by atoms with Crippen LogP contribution < -0.4 is 22.5 Å². The predicted molar refractivity (Wildman–Crippen MR) is 166 cm³/mol. The first kappa shape index (κ1) is 29.3. The molecule has 0 aromatic heterocycles. The summed E-state index contributed by atoms with van der Waals surface area (Å²) in [7, 11) is 0. The summed E-state index contributed by atoms with van der Waals surface area (Å²) < 4.78 is 0. The number of benzene rings is 4. The van der Waals surface area contributed by atoms with Crippen LogP contribution in [0.2, 0.25) is 0 Å². The second-order valence-electron chi connectivity index (χ2n) is 9.94. The number of unbranched alkanes of at least 4 members (excludes halogenated alkanes) is 1. The number of amides is 2. The monoisotopic (exact) mass is 550 g/mol. The summed E-state index contributed by atoms with van der Waals surface area (Å²) in [5.41, 5.74) is 20.8. The van der Waals surface area contributed by atoms with Crippen molar-refractivity contribution >= 4 is 28.5 Å². The van der Waals surface area contributed by atoms with Gasteiger partial charge in [-0.25, -0.2) is 0 Å². The average molecular weight is 551 g/mol. The Morgan fingerprint density at radius 3 is 2.41 bits per heavy atom. The minimum absolute atomic E-state index is 0.0622. The van der Waals surface area contributed by atoms with Crippen molar-refractivity contribution < 1.29 is 9.59 Å². The van der Waals surface area contributed by atoms with Gasteiger partial charge in [0.1, 0.15) is 0 Å². The van der Waals surface area contributed by atoms with Gasteiger partial charge in [0.15, 0.2) is 5.96 Å². The Morgan fingerprint density at radius 1 is 0.829 bits per heavy atom. The quantitative estimate of drug-likeness (QED) is 0.112. The Balaban J connectivity index is 1.59. The Hall–Kier alpha value is -4.69. The van der Waals surface area contributed by atoms with Crippen LogP contribution in [0.25, 0.3) is 21.9 Å². The van der Waals surface area contributed by atoms with Gasteiger partial charge in [0.2, 0.25) is 5.91 Å². The summed E-state index contributed by atoms with van der Waals surface area (Å²) >= 11 is 0. The molecule has 0 saturated heterocycles. The van der Waals surface area contributed by atoms with Crippen molar-refractivity contribution in [2.45, 2.75) is 32.4 Å². The number of nitrogens with two attached hydrogens (primary N) is 3. The molecule has 4 rings (SSSR count). The van der Waals surface area contributed by atoms with Crippen molar-refractivity contribution in [1.29, 1.82) is 0 Å². The first-order valence-corrected chi connectivity index (χ1v) is 13.9. The highest BCUT2D eigenvalue weighted by molar-refractivity contribution is 6.01. The van der Waals surface area contributed by atoms with Crippen LogP contribution >= 0.6 is 0 Å². The fourth-order valence-electron chi connectivity index (χ4n) is 4.89. The first-order valence-electron chi connectivity index (χ1n) is 13.9. The molecule has 4 aromatic rings. The fourth-order valence-corrected chi connectivity index (χ4v) is 4.89. The van der Waals surface area contributed by atoms with E-state index in [4.69, 9.17) is 17.2 Å². The molecule has 0 spiro atoms. The van der Waals surface area contributed by atoms with Gasteiger partial charge in [-0.1, -0.05) is 78.9 Å². The van der Waals surface area contributed by atoms with Crippen molar-refractivity contribution in [2.24, 2.45) is 22.2 Å². The van der Waals surface area contributed by atoms with Crippen LogP contribution in [0, 0.1) is 0 Å². The smallest absolute Gasteiger partial charge is 0.251 e. The number of aliphatic imine (C=N–C) groups is 1. The molecule has 0 bridgehead atoms. The van der Waals surface area contributed by atoms with Crippen LogP contribution in [-0.4, -0.2) is 42.3 Å². The molecule has 0 radical (unpaired) electrons. The SMILES string of the molecule is NCCNC(=O)c1ccccc1-c1cccc(CN(Cc2cccc3ccccc23)C(=O)CCCCN=C(N)N)c1. The normalized spacial score (nSPS) is 10.8. The molecule has 7 N–H and O–H groups in total. The third-order valence-electron chi connectivity index (χ3n) is 6.90. The van der Waals surface area contributed by atoms with Crippen LogP contribution in [0.3, 0.4) is 0 Å². The highest BCUT2D eigenvalue weighted by atomic mass is 16.2. The zero-order valence-electron chi connectivity index (χ0n) is 23.3. The van der Waals surface area contributed by atoms with Gasteiger partial charge in [0.05, 0.1) is 0 Å². The van der Waals surface area contributed by atoms with Gasteiger partial charge in [-0.3, -0.25) is 14.6 Å². The topological polar surface area (TPSA) is 140 Å². The average Bonchev–Trinajstić information content (AvgIpc) is 2.99. The van der Waals surface area contributed by atoms with E-state index in [2.05, 4.69) is 40.6 Å². The molecule has 8 nitrogen and oxygen atoms in total. The minimum atomic E-state index is -0.162. The van der Waals surface area contributed by atoms with Crippen LogP contribution in [-0.2, 0) is 17.9 Å². The van der Waals surface area contributed by atoms with Crippen molar-refractivity contribution in [3.8, 4) is 11.1 Å². The van der Waals surface area contributed by atoms with Gasteiger partial charge in [-0.2, -0.15) is 0 Å². The minimum Gasteiger partial charge on any atom is -0.370 e. The van der Waals surface area contributed by atoms with Crippen LogP contribution in [0.15, 0.2) is 96.0 Å². The van der Waals surface area contributed by atoms with Gasteiger partial charge >= 0.3 is 0 Å². The van der Waals surface area contributed by atoms with Gasteiger partial charge in [0.25, 0.3) is 5.91 Å². The van der Waals surface area contributed by atoms with Gasteiger partial charge < -0.3 is 27.4 Å². The number of hydrogen-bond donors (Lipinski definition) is 4. The van der Waals surface area contributed by atoms with Crippen molar-refractivity contribution in [3.63, 3.8) is 0 Å². The van der Waals surface area contributed by atoms with E-state index in [0.717, 1.165) is 39.4 Å². The lowest BCUT2D eigenvalue weighted by Crippen LogP contribution is -2.30. The lowest BCUT2D eigenvalue weighted by molar-refractivity contribution is -0.132. The van der Waals surface area contributed by atoms with E-state index in [1.165, 1.54) is 0 Å². The van der Waals surface area contributed by atoms with E-state index in [1.807, 2.05) is 65.6 Å². The molecule has 8 heteroatoms. The third-order valence-corrected chi connectivity index (χ3v) is 6.90. The van der Waals surface area contributed by atoms with Crippen LogP contribution in [0.5, 0.6) is 0 Å². The van der Waals surface area contributed by atoms with E-state index in [0.29, 0.717) is 51.1 Å². The molecule has 0 saturated carbocycles. The number of guanidine groups is 1. The lowest BCUT2D eigenvalue weighted by Gasteiger charge is -2.24. The molecule has 0 aliphatic heterocycles. The summed E-state index contributed by atoms with van der Waals surface area (Å²) in [6.45, 7) is 2.20. The first-order chi connectivity index (χ1) is 20.0. The molecule has 0 aliphatic carbocycles. The van der Waals surface area contributed by atoms with Crippen LogP contribution in [0.4, 0.5) is 0 Å². The van der Waals surface area contributed by atoms with E-state index < -0.39 is 0 Å². The molecule has 0 fully saturated rings. The third kappa shape index (κ3) is 8.16. The maximum absolute atomic E-state index is 13.6. The number of rotatable bonds is 13. The van der Waals surface area contributed by atoms with Crippen molar-refractivity contribution in [1.82, 2.24) is 10.2 Å². The molecule has 0 atom stereocenters. The Morgan fingerprint density at radius 2 is 1.59 bits per heavy atom. The number of nitrogens with zero attached hydrogens (tertiary/aromatic N) is 2. The molecule has 4 aromatic carbocycles. The lowest BCUT2D eigenvalue weighted by atomic mass is 9.97. The van der Waals surface area contributed by atoms with E-state index in [1.54, 1.807) is 0 Å². The summed E-state index contributed by atoms with van der Waals surface area (Å²) in [6.07, 6.45) is 1.81. The van der Waals surface area contributed by atoms with Crippen molar-refractivity contribution in [2.75, 3.05) is 19.6 Å². The Kier molecular flexibility index (Phi) is 10.5. The Bertz CT molecular complexity index is 1510. The highest BCUT2D eigenvalue weighted by Crippen LogP contribution is 2.26. The molecular weight excluding hydrogens is 512 g/mol. The second kappa shape index (κ2) is 14.6. The molecule has 0 aliphatic rings. The van der Waals surface area contributed by atoms with Gasteiger partial charge in [-0.15, -0.1) is 0 Å². The maximum Gasteiger partial charge on any atom is 0.251 e. The standard InChI is InChI=1S/C33H38N6O2/c34-18-20-37-32(41)30-16-4-3-15-29(30)26-12-7-9-24(21-26)22-39(31(40)17-5-6-19-38-33(35)36)23-27-13-8-11-25-10-1-2-14-28(25)27/h1-4,7-16,21H,5-6,17-20,22-23,34H2,(H,37,41)(H4,35,36,38). The second-order valence-corrected chi connectivity index (χ2v) is 9.94. The Labute approximate surface area is 241 Å². The molecule has 2 amide bonds. The zero-order valence-corrected chi connectivity index (χ0v) is 23.3. The number of nitrogens with one attached hydrogen (secondary N) is 1. The summed E-state index contributed by atoms with van der Waals surface area (Å²) in [5, 5.41) is 5.13. The van der Waals surface area contributed by atoms with E-state index in [-0.39, 0.29) is 17.8 Å². The summed E-state index contributed by atoms with van der Waals surface area (Å²) in [6, 6.07) is 29.9.